The Morgan fingerprint density at radius 3 is 2.28 bits per heavy atom. The molecule has 2 aromatic rings. The third-order valence-electron chi connectivity index (χ3n) is 5.84. The van der Waals surface area contributed by atoms with Crippen molar-refractivity contribution < 1.29 is 19.1 Å². The molecule has 1 atom stereocenters. The lowest BCUT2D eigenvalue weighted by Crippen LogP contribution is -2.23. The first-order valence-electron chi connectivity index (χ1n) is 11.1. The molecule has 1 fully saturated rings. The zero-order valence-corrected chi connectivity index (χ0v) is 18.8. The Morgan fingerprint density at radius 2 is 1.66 bits per heavy atom. The van der Waals surface area contributed by atoms with E-state index in [1.165, 1.54) is 6.08 Å². The molecule has 4 N–H and O–H groups in total. The van der Waals surface area contributed by atoms with Gasteiger partial charge in [-0.2, -0.15) is 0 Å². The van der Waals surface area contributed by atoms with Crippen LogP contribution in [0.15, 0.2) is 48.5 Å². The SMILES string of the molecule is CC1CCC(OC(=O)c2ccc(C=CC(=O)OCC(C)c3cc(N)cc(N)c3)cc2)CC1. The van der Waals surface area contributed by atoms with E-state index in [9.17, 15) is 9.59 Å². The van der Waals surface area contributed by atoms with E-state index in [2.05, 4.69) is 6.92 Å². The van der Waals surface area contributed by atoms with Crippen molar-refractivity contribution in [1.29, 1.82) is 0 Å². The first kappa shape index (κ1) is 23.4. The average molecular weight is 437 g/mol. The standard InChI is InChI=1S/C26H32N2O4/c1-17-3-10-24(11-4-17)32-26(30)20-8-5-19(6-9-20)7-12-25(29)31-16-18(2)21-13-22(27)15-23(28)14-21/h5-9,12-15,17-18,24H,3-4,10-11,16,27-28H2,1-2H3. The van der Waals surface area contributed by atoms with E-state index in [0.29, 0.717) is 22.9 Å². The molecule has 0 aromatic heterocycles. The Labute approximate surface area is 189 Å². The molecular weight excluding hydrogens is 404 g/mol. The molecule has 170 valence electrons. The molecule has 6 nitrogen and oxygen atoms in total. The number of esters is 2. The Bertz CT molecular complexity index is 940. The average Bonchev–Trinajstić information content (AvgIpc) is 2.77. The normalized spacial score (nSPS) is 19.4. The van der Waals surface area contributed by atoms with Crippen LogP contribution in [-0.4, -0.2) is 24.6 Å². The fourth-order valence-corrected chi connectivity index (χ4v) is 3.80. The summed E-state index contributed by atoms with van der Waals surface area (Å²) in [7, 11) is 0. The molecule has 1 saturated carbocycles. The Balaban J connectivity index is 1.47. The fraction of sp³-hybridized carbons (Fsp3) is 0.385. The van der Waals surface area contributed by atoms with E-state index in [1.54, 1.807) is 36.4 Å². The molecule has 1 unspecified atom stereocenters. The van der Waals surface area contributed by atoms with Gasteiger partial charge >= 0.3 is 11.9 Å². The number of hydrogen-bond donors (Lipinski definition) is 2. The molecule has 0 aliphatic heterocycles. The van der Waals surface area contributed by atoms with Gasteiger partial charge in [0.25, 0.3) is 0 Å². The van der Waals surface area contributed by atoms with Gasteiger partial charge in [-0.1, -0.05) is 26.0 Å². The molecule has 0 spiro atoms. The molecular formula is C26H32N2O4. The summed E-state index contributed by atoms with van der Waals surface area (Å²) in [4.78, 5) is 24.4. The number of nitrogen functional groups attached to an aromatic ring is 2. The van der Waals surface area contributed by atoms with Crippen LogP contribution in [0.1, 0.15) is 66.9 Å². The maximum absolute atomic E-state index is 12.3. The number of carbonyl (C=O) groups excluding carboxylic acids is 2. The van der Waals surface area contributed by atoms with Crippen molar-refractivity contribution in [3.8, 4) is 0 Å². The molecule has 0 saturated heterocycles. The summed E-state index contributed by atoms with van der Waals surface area (Å²) < 4.78 is 11.0. The van der Waals surface area contributed by atoms with E-state index in [0.717, 1.165) is 36.8 Å². The minimum absolute atomic E-state index is 0.0131. The molecule has 0 radical (unpaired) electrons. The number of carbonyl (C=O) groups is 2. The van der Waals surface area contributed by atoms with E-state index in [4.69, 9.17) is 20.9 Å². The second-order valence-corrected chi connectivity index (χ2v) is 8.71. The van der Waals surface area contributed by atoms with Crippen molar-refractivity contribution in [1.82, 2.24) is 0 Å². The Morgan fingerprint density at radius 1 is 1.03 bits per heavy atom. The number of rotatable bonds is 7. The zero-order valence-electron chi connectivity index (χ0n) is 18.8. The molecule has 1 aliphatic carbocycles. The highest BCUT2D eigenvalue weighted by Gasteiger charge is 2.22. The van der Waals surface area contributed by atoms with Crippen molar-refractivity contribution in [3.63, 3.8) is 0 Å². The fourth-order valence-electron chi connectivity index (χ4n) is 3.80. The van der Waals surface area contributed by atoms with Crippen LogP contribution in [0, 0.1) is 5.92 Å². The summed E-state index contributed by atoms with van der Waals surface area (Å²) in [5.41, 5.74) is 15.0. The van der Waals surface area contributed by atoms with Crippen molar-refractivity contribution in [2.45, 2.75) is 51.6 Å². The van der Waals surface area contributed by atoms with Gasteiger partial charge < -0.3 is 20.9 Å². The maximum atomic E-state index is 12.3. The second kappa shape index (κ2) is 10.8. The number of benzene rings is 2. The Kier molecular flexibility index (Phi) is 7.92. The van der Waals surface area contributed by atoms with Crippen LogP contribution >= 0.6 is 0 Å². The number of ether oxygens (including phenoxy) is 2. The van der Waals surface area contributed by atoms with Gasteiger partial charge in [-0.3, -0.25) is 0 Å². The van der Waals surface area contributed by atoms with E-state index >= 15 is 0 Å². The maximum Gasteiger partial charge on any atom is 0.338 e. The number of nitrogens with two attached hydrogens (primary N) is 2. The molecule has 0 bridgehead atoms. The third-order valence-corrected chi connectivity index (χ3v) is 5.84. The van der Waals surface area contributed by atoms with Crippen LogP contribution in [0.3, 0.4) is 0 Å². The molecule has 0 amide bonds. The smallest absolute Gasteiger partial charge is 0.338 e. The first-order valence-corrected chi connectivity index (χ1v) is 11.1. The van der Waals surface area contributed by atoms with Crippen LogP contribution in [-0.2, 0) is 14.3 Å². The number of anilines is 2. The van der Waals surface area contributed by atoms with Crippen molar-refractivity contribution in [2.75, 3.05) is 18.1 Å². The van der Waals surface area contributed by atoms with E-state index < -0.39 is 5.97 Å². The summed E-state index contributed by atoms with van der Waals surface area (Å²) in [5.74, 6) is -0.0583. The summed E-state index contributed by atoms with van der Waals surface area (Å²) in [5, 5.41) is 0. The second-order valence-electron chi connectivity index (χ2n) is 8.71. The summed E-state index contributed by atoms with van der Waals surface area (Å²) in [6, 6.07) is 12.3. The van der Waals surface area contributed by atoms with Crippen LogP contribution < -0.4 is 11.5 Å². The van der Waals surface area contributed by atoms with E-state index in [-0.39, 0.29) is 24.6 Å². The Hall–Kier alpha value is -3.28. The summed E-state index contributed by atoms with van der Waals surface area (Å²) >= 11 is 0. The van der Waals surface area contributed by atoms with Crippen LogP contribution in [0.4, 0.5) is 11.4 Å². The van der Waals surface area contributed by atoms with Gasteiger partial charge in [0, 0.05) is 23.4 Å². The van der Waals surface area contributed by atoms with Crippen LogP contribution in [0.5, 0.6) is 0 Å². The van der Waals surface area contributed by atoms with Gasteiger partial charge in [-0.05, 0) is 79.1 Å². The van der Waals surface area contributed by atoms with Crippen LogP contribution in [0.25, 0.3) is 6.08 Å². The van der Waals surface area contributed by atoms with Gasteiger partial charge in [0.05, 0.1) is 12.2 Å². The highest BCUT2D eigenvalue weighted by Crippen LogP contribution is 2.26. The predicted octanol–water partition coefficient (Wildman–Crippen LogP) is 4.95. The van der Waals surface area contributed by atoms with E-state index in [1.807, 2.05) is 19.1 Å². The minimum Gasteiger partial charge on any atom is -0.462 e. The van der Waals surface area contributed by atoms with Crippen molar-refractivity contribution in [2.24, 2.45) is 5.92 Å². The summed E-state index contributed by atoms with van der Waals surface area (Å²) in [6.45, 7) is 4.39. The third kappa shape index (κ3) is 6.87. The molecule has 6 heteroatoms. The molecule has 0 heterocycles. The molecule has 3 rings (SSSR count). The van der Waals surface area contributed by atoms with Gasteiger partial charge in [0.15, 0.2) is 0 Å². The number of hydrogen-bond acceptors (Lipinski definition) is 6. The molecule has 1 aliphatic rings. The van der Waals surface area contributed by atoms with Gasteiger partial charge in [-0.15, -0.1) is 0 Å². The van der Waals surface area contributed by atoms with Gasteiger partial charge in [0.1, 0.15) is 6.10 Å². The predicted molar refractivity (Wildman–Crippen MR) is 127 cm³/mol. The lowest BCUT2D eigenvalue weighted by Gasteiger charge is -2.25. The van der Waals surface area contributed by atoms with Gasteiger partial charge in [0.2, 0.25) is 0 Å². The highest BCUT2D eigenvalue weighted by molar-refractivity contribution is 5.90. The lowest BCUT2D eigenvalue weighted by molar-refractivity contribution is -0.138. The first-order chi connectivity index (χ1) is 15.3. The minimum atomic E-state index is -0.441. The zero-order chi connectivity index (χ0) is 23.1. The summed E-state index contributed by atoms with van der Waals surface area (Å²) in [6.07, 6.45) is 7.10. The molecule has 32 heavy (non-hydrogen) atoms. The molecule has 2 aromatic carbocycles. The van der Waals surface area contributed by atoms with Gasteiger partial charge in [-0.25, -0.2) is 9.59 Å². The largest absolute Gasteiger partial charge is 0.462 e. The highest BCUT2D eigenvalue weighted by atomic mass is 16.5. The van der Waals surface area contributed by atoms with Crippen molar-refractivity contribution in [3.05, 3.63) is 65.2 Å². The monoisotopic (exact) mass is 436 g/mol. The van der Waals surface area contributed by atoms with Crippen LogP contribution in [0.2, 0.25) is 0 Å². The topological polar surface area (TPSA) is 105 Å². The quantitative estimate of drug-likeness (QED) is 0.362. The lowest BCUT2D eigenvalue weighted by atomic mass is 9.89. The van der Waals surface area contributed by atoms with Crippen molar-refractivity contribution >= 4 is 29.4 Å².